The number of benzene rings is 1. The Kier molecular flexibility index (Phi) is 17.0. The fourth-order valence-corrected chi connectivity index (χ4v) is 1.47. The van der Waals surface area contributed by atoms with Crippen molar-refractivity contribution in [3.63, 3.8) is 0 Å². The van der Waals surface area contributed by atoms with E-state index in [-0.39, 0.29) is 5.78 Å². The van der Waals surface area contributed by atoms with Gasteiger partial charge in [-0.15, -0.1) is 0 Å². The molecule has 0 aliphatic carbocycles. The molecule has 1 N–H and O–H groups in total. The molecule has 0 atom stereocenters. The van der Waals surface area contributed by atoms with Crippen molar-refractivity contribution in [2.24, 2.45) is 5.41 Å². The number of rotatable bonds is 2. The van der Waals surface area contributed by atoms with Crippen LogP contribution in [-0.4, -0.2) is 18.0 Å². The summed E-state index contributed by atoms with van der Waals surface area (Å²) in [6.45, 7) is 16.2. The van der Waals surface area contributed by atoms with Gasteiger partial charge < -0.3 is 5.11 Å². The lowest BCUT2D eigenvalue weighted by atomic mass is 9.88. The molecule has 0 radical (unpaired) electrons. The van der Waals surface area contributed by atoms with E-state index in [4.69, 9.17) is 5.11 Å². The van der Waals surface area contributed by atoms with Crippen molar-refractivity contribution in [3.05, 3.63) is 35.4 Å². The Bertz CT molecular complexity index is 318. The van der Waals surface area contributed by atoms with E-state index >= 15 is 0 Å². The first kappa shape index (κ1) is 23.9. The maximum Gasteiger partial charge on any atom is 0.159 e. The van der Waals surface area contributed by atoms with Gasteiger partial charge in [0.05, 0.1) is 0 Å². The molecule has 0 fully saturated rings. The predicted octanol–water partition coefficient (Wildman–Crippen LogP) is 5.14. The first-order valence-electron chi connectivity index (χ1n) is 7.43. The molecule has 0 bridgehead atoms. The van der Waals surface area contributed by atoms with E-state index in [2.05, 4.69) is 20.8 Å². The standard InChI is InChI=1S/C13H18O.2C2H6.CH4O/c1-10(14)12-7-5-11(6-8-12)9-13(2,3)4;3*1-2/h5-8H,9H2,1-4H3;2*1-2H3;2H,1H3. The van der Waals surface area contributed by atoms with Crippen LogP contribution in [0.3, 0.4) is 0 Å². The summed E-state index contributed by atoms with van der Waals surface area (Å²) in [6, 6.07) is 7.90. The van der Waals surface area contributed by atoms with Gasteiger partial charge in [0.15, 0.2) is 5.78 Å². The molecule has 0 aliphatic rings. The molecule has 0 spiro atoms. The molecular formula is C18H34O2. The summed E-state index contributed by atoms with van der Waals surface area (Å²) in [5, 5.41) is 7.00. The van der Waals surface area contributed by atoms with Crippen LogP contribution in [0, 0.1) is 5.41 Å². The van der Waals surface area contributed by atoms with Gasteiger partial charge in [-0.25, -0.2) is 0 Å². The zero-order chi connectivity index (χ0) is 16.8. The van der Waals surface area contributed by atoms with Gasteiger partial charge in [0, 0.05) is 12.7 Å². The highest BCUT2D eigenvalue weighted by Gasteiger charge is 2.11. The first-order chi connectivity index (χ1) is 9.38. The molecule has 0 aromatic heterocycles. The number of carbonyl (C=O) groups excluding carboxylic acids is 1. The van der Waals surface area contributed by atoms with E-state index in [1.54, 1.807) is 6.92 Å². The highest BCUT2D eigenvalue weighted by Crippen LogP contribution is 2.20. The molecule has 2 heteroatoms. The van der Waals surface area contributed by atoms with Gasteiger partial charge in [0.25, 0.3) is 0 Å². The minimum Gasteiger partial charge on any atom is -0.400 e. The van der Waals surface area contributed by atoms with Crippen LogP contribution in [0.15, 0.2) is 24.3 Å². The van der Waals surface area contributed by atoms with Crippen molar-refractivity contribution in [2.75, 3.05) is 7.11 Å². The molecule has 118 valence electrons. The summed E-state index contributed by atoms with van der Waals surface area (Å²) in [7, 11) is 1.00. The predicted molar refractivity (Wildman–Crippen MR) is 90.4 cm³/mol. The minimum absolute atomic E-state index is 0.132. The highest BCUT2D eigenvalue weighted by atomic mass is 16.2. The molecule has 0 aliphatic heterocycles. The van der Waals surface area contributed by atoms with E-state index in [9.17, 15) is 4.79 Å². The number of ketones is 1. The van der Waals surface area contributed by atoms with Crippen molar-refractivity contribution in [3.8, 4) is 0 Å². The number of aliphatic hydroxyl groups is 1. The summed E-state index contributed by atoms with van der Waals surface area (Å²) in [5.41, 5.74) is 2.39. The fourth-order valence-electron chi connectivity index (χ4n) is 1.47. The summed E-state index contributed by atoms with van der Waals surface area (Å²) in [6.07, 6.45) is 1.05. The van der Waals surface area contributed by atoms with Crippen LogP contribution in [0.2, 0.25) is 0 Å². The molecule has 20 heavy (non-hydrogen) atoms. The smallest absolute Gasteiger partial charge is 0.159 e. The normalized spacial score (nSPS) is 8.90. The summed E-state index contributed by atoms with van der Waals surface area (Å²) < 4.78 is 0. The number of hydrogen-bond donors (Lipinski definition) is 1. The van der Waals surface area contributed by atoms with Gasteiger partial charge in [-0.3, -0.25) is 4.79 Å². The summed E-state index contributed by atoms with van der Waals surface area (Å²) in [4.78, 5) is 11.0. The SMILES string of the molecule is CC.CC.CC(=O)c1ccc(CC(C)(C)C)cc1.CO. The van der Waals surface area contributed by atoms with Crippen LogP contribution < -0.4 is 0 Å². The third-order valence-electron chi connectivity index (χ3n) is 2.09. The third-order valence-corrected chi connectivity index (χ3v) is 2.09. The van der Waals surface area contributed by atoms with Gasteiger partial charge >= 0.3 is 0 Å². The molecule has 0 unspecified atom stereocenters. The first-order valence-corrected chi connectivity index (χ1v) is 7.43. The van der Waals surface area contributed by atoms with Crippen molar-refractivity contribution < 1.29 is 9.90 Å². The third kappa shape index (κ3) is 13.3. The maximum atomic E-state index is 11.0. The zero-order valence-corrected chi connectivity index (χ0v) is 14.9. The molecule has 1 rings (SSSR count). The molecule has 0 heterocycles. The Balaban J connectivity index is -0.000000425. The molecule has 0 saturated heterocycles. The number of aliphatic hydroxyl groups excluding tert-OH is 1. The molecule has 1 aromatic rings. The quantitative estimate of drug-likeness (QED) is 0.763. The van der Waals surface area contributed by atoms with Crippen LogP contribution in [0.1, 0.15) is 71.3 Å². The van der Waals surface area contributed by atoms with Gasteiger partial charge in [-0.1, -0.05) is 72.7 Å². The van der Waals surface area contributed by atoms with Crippen LogP contribution in [0.4, 0.5) is 0 Å². The lowest BCUT2D eigenvalue weighted by Gasteiger charge is -2.17. The largest absolute Gasteiger partial charge is 0.400 e. The van der Waals surface area contributed by atoms with Crippen LogP contribution in [0.25, 0.3) is 0 Å². The van der Waals surface area contributed by atoms with Gasteiger partial charge in [-0.2, -0.15) is 0 Å². The summed E-state index contributed by atoms with van der Waals surface area (Å²) >= 11 is 0. The van der Waals surface area contributed by atoms with E-state index in [0.717, 1.165) is 19.1 Å². The molecule has 2 nitrogen and oxygen atoms in total. The Morgan fingerprint density at radius 1 is 0.950 bits per heavy atom. The molecule has 0 amide bonds. The lowest BCUT2D eigenvalue weighted by Crippen LogP contribution is -2.09. The van der Waals surface area contributed by atoms with E-state index in [0.29, 0.717) is 5.41 Å². The molecule has 0 saturated carbocycles. The van der Waals surface area contributed by atoms with Crippen molar-refractivity contribution in [1.82, 2.24) is 0 Å². The number of carbonyl (C=O) groups is 1. The molecular weight excluding hydrogens is 248 g/mol. The second-order valence-electron chi connectivity index (χ2n) is 4.99. The van der Waals surface area contributed by atoms with Gasteiger partial charge in [-0.05, 0) is 24.3 Å². The maximum absolute atomic E-state index is 11.0. The molecule has 1 aromatic carbocycles. The second kappa shape index (κ2) is 14.3. The van der Waals surface area contributed by atoms with Crippen molar-refractivity contribution >= 4 is 5.78 Å². The Hall–Kier alpha value is -1.15. The zero-order valence-electron chi connectivity index (χ0n) is 14.9. The fraction of sp³-hybridized carbons (Fsp3) is 0.611. The Morgan fingerprint density at radius 2 is 1.30 bits per heavy atom. The second-order valence-corrected chi connectivity index (χ2v) is 4.99. The average Bonchev–Trinajstić information content (AvgIpc) is 2.44. The highest BCUT2D eigenvalue weighted by molar-refractivity contribution is 5.93. The average molecular weight is 282 g/mol. The Labute approximate surface area is 126 Å². The minimum atomic E-state index is 0.132. The number of hydrogen-bond acceptors (Lipinski definition) is 2. The van der Waals surface area contributed by atoms with Crippen LogP contribution in [0.5, 0.6) is 0 Å². The topological polar surface area (TPSA) is 37.3 Å². The van der Waals surface area contributed by atoms with Gasteiger partial charge in [0.2, 0.25) is 0 Å². The Morgan fingerprint density at radius 3 is 1.55 bits per heavy atom. The lowest BCUT2D eigenvalue weighted by molar-refractivity contribution is 0.101. The van der Waals surface area contributed by atoms with Crippen molar-refractivity contribution in [2.45, 2.75) is 61.8 Å². The van der Waals surface area contributed by atoms with Crippen LogP contribution in [-0.2, 0) is 6.42 Å². The van der Waals surface area contributed by atoms with E-state index in [1.165, 1.54) is 5.56 Å². The van der Waals surface area contributed by atoms with Crippen LogP contribution >= 0.6 is 0 Å². The van der Waals surface area contributed by atoms with E-state index < -0.39 is 0 Å². The van der Waals surface area contributed by atoms with Crippen molar-refractivity contribution in [1.29, 1.82) is 0 Å². The number of Topliss-reactive ketones (excluding diaryl/α,β-unsaturated/α-hetero) is 1. The monoisotopic (exact) mass is 282 g/mol. The summed E-state index contributed by atoms with van der Waals surface area (Å²) in [5.74, 6) is 0.132. The van der Waals surface area contributed by atoms with E-state index in [1.807, 2.05) is 52.0 Å². The van der Waals surface area contributed by atoms with Gasteiger partial charge in [0.1, 0.15) is 0 Å².